The van der Waals surface area contributed by atoms with Gasteiger partial charge in [0.2, 0.25) is 9.84 Å². The number of rotatable bonds is 6. The molecule has 2 aromatic heterocycles. The van der Waals surface area contributed by atoms with Gasteiger partial charge >= 0.3 is 0 Å². The van der Waals surface area contributed by atoms with E-state index in [-0.39, 0.29) is 28.0 Å². The molecule has 0 saturated carbocycles. The van der Waals surface area contributed by atoms with Gasteiger partial charge in [-0.3, -0.25) is 5.41 Å². The maximum absolute atomic E-state index is 14.2. The first-order chi connectivity index (χ1) is 15.1. The molecule has 0 unspecified atom stereocenters. The molecule has 0 aliphatic carbocycles. The van der Waals surface area contributed by atoms with Crippen LogP contribution in [-0.4, -0.2) is 30.1 Å². The average molecular weight is 554 g/mol. The highest BCUT2D eigenvalue weighted by Gasteiger charge is 2.26. The Kier molecular flexibility index (Phi) is 6.05. The first kappa shape index (κ1) is 22.8. The van der Waals surface area contributed by atoms with Gasteiger partial charge in [-0.25, -0.2) is 17.8 Å². The Balaban J connectivity index is 1.80. The second-order valence-corrected chi connectivity index (χ2v) is 11.8. The fourth-order valence-corrected chi connectivity index (χ4v) is 7.99. The monoisotopic (exact) mass is 553 g/mol. The lowest BCUT2D eigenvalue weighted by Crippen LogP contribution is -2.09. The van der Waals surface area contributed by atoms with Crippen LogP contribution < -0.4 is 11.5 Å². The molecule has 4 rings (SSSR count). The Morgan fingerprint density at radius 3 is 2.75 bits per heavy atom. The fraction of sp³-hybridized carbons (Fsp3) is 0.100. The van der Waals surface area contributed by atoms with Crippen LogP contribution in [-0.2, 0) is 16.4 Å². The van der Waals surface area contributed by atoms with Crippen LogP contribution in [0.25, 0.3) is 11.0 Å². The van der Waals surface area contributed by atoms with Crippen molar-refractivity contribution in [3.8, 4) is 0 Å². The summed E-state index contributed by atoms with van der Waals surface area (Å²) in [5.41, 5.74) is 13.2. The van der Waals surface area contributed by atoms with Gasteiger partial charge in [-0.2, -0.15) is 0 Å². The van der Waals surface area contributed by atoms with E-state index < -0.39 is 9.84 Å². The number of amidine groups is 1. The van der Waals surface area contributed by atoms with Crippen molar-refractivity contribution >= 4 is 71.4 Å². The Morgan fingerprint density at radius 1 is 1.31 bits per heavy atom. The van der Waals surface area contributed by atoms with Crippen molar-refractivity contribution < 1.29 is 12.8 Å². The number of imidazole rings is 1. The highest BCUT2D eigenvalue weighted by atomic mass is 79.9. The van der Waals surface area contributed by atoms with Crippen molar-refractivity contribution in [2.75, 3.05) is 12.0 Å². The third-order valence-electron chi connectivity index (χ3n) is 4.77. The summed E-state index contributed by atoms with van der Waals surface area (Å²) >= 11 is 5.90. The van der Waals surface area contributed by atoms with Gasteiger partial charge in [0.05, 0.1) is 42.8 Å². The zero-order chi connectivity index (χ0) is 23.2. The fourth-order valence-electron chi connectivity index (χ4n) is 3.25. The highest BCUT2D eigenvalue weighted by molar-refractivity contribution is 9.10. The predicted octanol–water partition coefficient (Wildman–Crippen LogP) is 4.47. The Labute approximate surface area is 200 Å². The number of anilines is 1. The van der Waals surface area contributed by atoms with Crippen LogP contribution in [0.2, 0.25) is 0 Å². The number of nitrogens with zero attached hydrogens (tertiary/aromatic N) is 2. The summed E-state index contributed by atoms with van der Waals surface area (Å²) < 4.78 is 43.7. The minimum Gasteiger partial charge on any atom is -0.399 e. The molecule has 32 heavy (non-hydrogen) atoms. The number of nitrogen functional groups attached to an aromatic ring is 2. The summed E-state index contributed by atoms with van der Waals surface area (Å²) in [5, 5.41) is 7.62. The molecular weight excluding hydrogens is 537 g/mol. The van der Waals surface area contributed by atoms with E-state index in [9.17, 15) is 12.8 Å². The molecule has 12 heteroatoms. The van der Waals surface area contributed by atoms with E-state index >= 15 is 0 Å². The first-order valence-electron chi connectivity index (χ1n) is 9.07. The maximum Gasteiger partial charge on any atom is 0.208 e. The quantitative estimate of drug-likeness (QED) is 0.140. The van der Waals surface area contributed by atoms with E-state index in [0.717, 1.165) is 11.3 Å². The summed E-state index contributed by atoms with van der Waals surface area (Å²) in [4.78, 5) is 4.88. The lowest BCUT2D eigenvalue weighted by Gasteiger charge is -2.10. The molecule has 0 aliphatic rings. The first-order valence-corrected chi connectivity index (χ1v) is 13.4. The lowest BCUT2D eigenvalue weighted by molar-refractivity contribution is 0.595. The molecule has 0 bridgehead atoms. The van der Waals surface area contributed by atoms with Gasteiger partial charge in [0, 0.05) is 15.7 Å². The van der Waals surface area contributed by atoms with Gasteiger partial charge in [-0.05, 0) is 58.6 Å². The number of benzene rings is 2. The maximum atomic E-state index is 14.2. The Hall–Kier alpha value is -2.41. The molecule has 0 fully saturated rings. The Morgan fingerprint density at radius 2 is 2.06 bits per heavy atom. The minimum atomic E-state index is -3.89. The van der Waals surface area contributed by atoms with Crippen LogP contribution >= 0.6 is 39.0 Å². The van der Waals surface area contributed by atoms with E-state index in [1.165, 1.54) is 48.4 Å². The summed E-state index contributed by atoms with van der Waals surface area (Å²) in [5.74, 6) is -0.574. The molecule has 5 N–H and O–H groups in total. The number of thiophene rings is 1. The molecule has 0 radical (unpaired) electrons. The largest absolute Gasteiger partial charge is 0.399 e. The van der Waals surface area contributed by atoms with Crippen LogP contribution in [0.15, 0.2) is 61.2 Å². The van der Waals surface area contributed by atoms with Crippen molar-refractivity contribution in [3.05, 3.63) is 63.5 Å². The van der Waals surface area contributed by atoms with Crippen LogP contribution in [0.1, 0.15) is 10.4 Å². The molecule has 7 nitrogen and oxygen atoms in total. The van der Waals surface area contributed by atoms with Crippen LogP contribution in [0.5, 0.6) is 0 Å². The van der Waals surface area contributed by atoms with Gasteiger partial charge in [0.15, 0.2) is 0 Å². The predicted molar refractivity (Wildman–Crippen MR) is 130 cm³/mol. The topological polar surface area (TPSA) is 128 Å². The molecule has 0 aliphatic heterocycles. The zero-order valence-corrected chi connectivity index (χ0v) is 20.6. The Bertz CT molecular complexity index is 1480. The summed E-state index contributed by atoms with van der Waals surface area (Å²) in [6, 6.07) is 8.76. The van der Waals surface area contributed by atoms with Gasteiger partial charge in [-0.15, -0.1) is 23.1 Å². The van der Waals surface area contributed by atoms with E-state index in [2.05, 4.69) is 20.9 Å². The third kappa shape index (κ3) is 4.03. The van der Waals surface area contributed by atoms with Gasteiger partial charge in [0.25, 0.3) is 0 Å². The van der Waals surface area contributed by atoms with Crippen molar-refractivity contribution in [2.24, 2.45) is 5.73 Å². The van der Waals surface area contributed by atoms with Crippen LogP contribution in [0, 0.1) is 11.2 Å². The normalized spacial score (nSPS) is 11.8. The number of sulfone groups is 1. The standard InChI is InChI=1S/C20H17BrFN5O2S3/c1-30-20-17(7-16(31-20)19(24)25)32(28,29)12-5-13(21)18-15(6-12)26-9-27(18)8-10-4-11(23)2-3-14(10)22/h2-7,9H,8,23H2,1H3,(H3,24,25). The van der Waals surface area contributed by atoms with Crippen molar-refractivity contribution in [1.29, 1.82) is 5.41 Å². The highest BCUT2D eigenvalue weighted by Crippen LogP contribution is 2.38. The van der Waals surface area contributed by atoms with Crippen LogP contribution in [0.3, 0.4) is 0 Å². The summed E-state index contributed by atoms with van der Waals surface area (Å²) in [6.45, 7) is 0.182. The minimum absolute atomic E-state index is 0.0560. The number of hydrogen-bond acceptors (Lipinski definition) is 7. The molecule has 2 aromatic carbocycles. The zero-order valence-electron chi connectivity index (χ0n) is 16.6. The molecule has 4 aromatic rings. The molecular formula is C20H17BrFN5O2S3. The van der Waals surface area contributed by atoms with E-state index in [1.54, 1.807) is 16.9 Å². The van der Waals surface area contributed by atoms with Crippen LogP contribution in [0.4, 0.5) is 10.1 Å². The number of halogens is 2. The van der Waals surface area contributed by atoms with Crippen molar-refractivity contribution in [2.45, 2.75) is 20.5 Å². The van der Waals surface area contributed by atoms with E-state index in [4.69, 9.17) is 16.9 Å². The van der Waals surface area contributed by atoms with Gasteiger partial charge in [-0.1, -0.05) is 0 Å². The average Bonchev–Trinajstić information content (AvgIpc) is 3.36. The van der Waals surface area contributed by atoms with E-state index in [1.807, 2.05) is 0 Å². The number of aromatic nitrogens is 2. The number of nitrogens with one attached hydrogen (secondary N) is 1. The molecule has 2 heterocycles. The van der Waals surface area contributed by atoms with Crippen molar-refractivity contribution in [1.82, 2.24) is 9.55 Å². The molecule has 0 atom stereocenters. The summed E-state index contributed by atoms with van der Waals surface area (Å²) in [6.07, 6.45) is 3.30. The number of nitrogens with two attached hydrogens (primary N) is 2. The SMILES string of the molecule is CSc1sc(C(=N)N)cc1S(=O)(=O)c1cc(Br)c2c(c1)ncn2Cc1cc(N)ccc1F. The number of fused-ring (bicyclic) bond motifs is 1. The second-order valence-electron chi connectivity index (χ2n) is 6.88. The smallest absolute Gasteiger partial charge is 0.208 e. The molecule has 0 spiro atoms. The second kappa shape index (κ2) is 8.50. The number of thioether (sulfide) groups is 1. The van der Waals surface area contributed by atoms with Crippen molar-refractivity contribution in [3.63, 3.8) is 0 Å². The van der Waals surface area contributed by atoms with Gasteiger partial charge in [0.1, 0.15) is 11.7 Å². The molecule has 0 saturated heterocycles. The third-order valence-corrected chi connectivity index (χ3v) is 9.69. The number of hydrogen-bond donors (Lipinski definition) is 3. The van der Waals surface area contributed by atoms with Gasteiger partial charge < -0.3 is 16.0 Å². The molecule has 166 valence electrons. The lowest BCUT2D eigenvalue weighted by atomic mass is 10.2. The van der Waals surface area contributed by atoms with E-state index in [0.29, 0.717) is 35.8 Å². The molecule has 0 amide bonds. The summed E-state index contributed by atoms with van der Waals surface area (Å²) in [7, 11) is -3.89.